The van der Waals surface area contributed by atoms with Gasteiger partial charge in [0.25, 0.3) is 0 Å². The van der Waals surface area contributed by atoms with E-state index < -0.39 is 0 Å². The molecule has 0 heterocycles. The van der Waals surface area contributed by atoms with E-state index in [-0.39, 0.29) is 30.3 Å². The first-order chi connectivity index (χ1) is 11.9. The fourth-order valence-corrected chi connectivity index (χ4v) is 2.78. The maximum atomic E-state index is 11.2. The van der Waals surface area contributed by atoms with E-state index in [1.165, 1.54) is 0 Å². The van der Waals surface area contributed by atoms with E-state index >= 15 is 0 Å². The molecule has 0 bridgehead atoms. The number of nitrogens with zero attached hydrogens (tertiary/aromatic N) is 1. The summed E-state index contributed by atoms with van der Waals surface area (Å²) in [5.74, 6) is 1.02. The number of hydrogen-bond acceptors (Lipinski definition) is 6. The third kappa shape index (κ3) is 23.8. The molecule has 9 heteroatoms. The van der Waals surface area contributed by atoms with Gasteiger partial charge in [0.15, 0.2) is 0 Å². The minimum absolute atomic E-state index is 0.0420. The fourth-order valence-electron chi connectivity index (χ4n) is 1.67. The average molecular weight is 459 g/mol. The van der Waals surface area contributed by atoms with Crippen molar-refractivity contribution in [3.8, 4) is 0 Å². The second kappa shape index (κ2) is 20.1. The molecular formula is C16H33N3O3S2Se. The number of carbonyl (C=O) groups excluding carboxylic acids is 3. The summed E-state index contributed by atoms with van der Waals surface area (Å²) >= 11 is 7.70. The van der Waals surface area contributed by atoms with Gasteiger partial charge in [0.05, 0.1) is 0 Å². The van der Waals surface area contributed by atoms with Gasteiger partial charge in [0, 0.05) is 13.5 Å². The molecule has 25 heavy (non-hydrogen) atoms. The van der Waals surface area contributed by atoms with Crippen molar-refractivity contribution < 1.29 is 14.4 Å². The van der Waals surface area contributed by atoms with Crippen LogP contribution in [0.5, 0.6) is 0 Å². The Morgan fingerprint density at radius 3 is 2.16 bits per heavy atom. The van der Waals surface area contributed by atoms with Gasteiger partial charge >= 0.3 is 102 Å². The van der Waals surface area contributed by atoms with Crippen molar-refractivity contribution in [3.05, 3.63) is 0 Å². The molecule has 2 amide bonds. The summed E-state index contributed by atoms with van der Waals surface area (Å²) < 4.78 is 0.0780. The van der Waals surface area contributed by atoms with Crippen LogP contribution in [0.3, 0.4) is 0 Å². The van der Waals surface area contributed by atoms with Gasteiger partial charge in [-0.2, -0.15) is 12.6 Å². The molecule has 0 atom stereocenters. The molecule has 2 N–H and O–H groups in total. The van der Waals surface area contributed by atoms with Gasteiger partial charge in [-0.15, -0.1) is 0 Å². The molecule has 0 aliphatic heterocycles. The molecule has 0 aromatic heterocycles. The van der Waals surface area contributed by atoms with Crippen LogP contribution in [0.4, 0.5) is 0 Å². The summed E-state index contributed by atoms with van der Waals surface area (Å²) in [6.07, 6.45) is 5.41. The van der Waals surface area contributed by atoms with Crippen LogP contribution in [0, 0.1) is 0 Å². The molecule has 6 nitrogen and oxygen atoms in total. The molecule has 0 aliphatic rings. The Morgan fingerprint density at radius 2 is 1.64 bits per heavy atom. The molecule has 0 aromatic carbocycles. The maximum absolute atomic E-state index is 11.2. The van der Waals surface area contributed by atoms with Gasteiger partial charge in [-0.3, -0.25) is 4.79 Å². The second-order valence-electron chi connectivity index (χ2n) is 5.68. The van der Waals surface area contributed by atoms with E-state index in [9.17, 15) is 14.4 Å². The Hall–Kier alpha value is -0.211. The number of hydrogen-bond donors (Lipinski definition) is 4. The number of unbranched alkanes of at least 4 members (excludes halogenated alkanes) is 2. The van der Waals surface area contributed by atoms with E-state index in [0.717, 1.165) is 38.0 Å². The third-order valence-corrected chi connectivity index (χ3v) is 5.33. The zero-order valence-electron chi connectivity index (χ0n) is 15.5. The standard InChI is InChI=1S/C9H18N2O2SSe.C7H15NOS/c1-11(2)7-3-6-10-8(12)4-5-9(13)15-14;1-8-7(9)5-3-2-4-6-10/h14H,3-7H2,1-2H3,(H,10,12);10H,2-6H2,1H3,(H,8,9). The predicted octanol–water partition coefficient (Wildman–Crippen LogP) is 1.13. The quantitative estimate of drug-likeness (QED) is 0.190. The van der Waals surface area contributed by atoms with Crippen LogP contribution in [-0.2, 0) is 14.4 Å². The van der Waals surface area contributed by atoms with E-state index in [1.807, 2.05) is 14.1 Å². The SMILES string of the molecule is CN(C)CCCNC(=O)CCC(=O)[Se]S.CNC(=O)CCCCCS. The average Bonchev–Trinajstić information content (AvgIpc) is 2.60. The zero-order valence-corrected chi connectivity index (χ0v) is 19.0. The largest absolute Gasteiger partial charge is 0.359 e. The molecule has 0 aromatic rings. The Labute approximate surface area is 168 Å². The van der Waals surface area contributed by atoms with Gasteiger partial charge in [-0.25, -0.2) is 0 Å². The van der Waals surface area contributed by atoms with Crippen LogP contribution in [0.15, 0.2) is 0 Å². The molecule has 0 saturated carbocycles. The summed E-state index contributed by atoms with van der Waals surface area (Å²) in [5.41, 5.74) is 0. The van der Waals surface area contributed by atoms with Crippen molar-refractivity contribution in [1.29, 1.82) is 0 Å². The van der Waals surface area contributed by atoms with Gasteiger partial charge in [0.2, 0.25) is 5.91 Å². The molecule has 0 unspecified atom stereocenters. The fraction of sp³-hybridized carbons (Fsp3) is 0.812. The van der Waals surface area contributed by atoms with Crippen LogP contribution in [0.2, 0.25) is 0 Å². The first kappa shape index (κ1) is 27.0. The van der Waals surface area contributed by atoms with Gasteiger partial charge in [0.1, 0.15) is 0 Å². The Balaban J connectivity index is 0. The zero-order chi connectivity index (χ0) is 19.5. The summed E-state index contributed by atoms with van der Waals surface area (Å²) in [6.45, 7) is 1.64. The van der Waals surface area contributed by atoms with E-state index in [1.54, 1.807) is 7.05 Å². The van der Waals surface area contributed by atoms with Crippen LogP contribution in [0.25, 0.3) is 0 Å². The van der Waals surface area contributed by atoms with Crippen molar-refractivity contribution in [2.24, 2.45) is 0 Å². The molecule has 148 valence electrons. The van der Waals surface area contributed by atoms with Gasteiger partial charge in [-0.05, 0) is 18.6 Å². The van der Waals surface area contributed by atoms with Crippen LogP contribution in [0.1, 0.15) is 44.9 Å². The normalized spacial score (nSPS) is 10.0. The second-order valence-corrected chi connectivity index (χ2v) is 8.41. The molecular weight excluding hydrogens is 425 g/mol. The number of nitrogens with one attached hydrogen (secondary N) is 2. The van der Waals surface area contributed by atoms with Crippen molar-refractivity contribution in [3.63, 3.8) is 0 Å². The third-order valence-electron chi connectivity index (χ3n) is 3.10. The van der Waals surface area contributed by atoms with Crippen molar-refractivity contribution in [2.75, 3.05) is 40.0 Å². The molecule has 0 aliphatic carbocycles. The smallest absolute Gasteiger partial charge is 0.219 e. The minimum Gasteiger partial charge on any atom is -0.359 e. The predicted molar refractivity (Wildman–Crippen MR) is 112 cm³/mol. The number of amides is 2. The molecule has 0 rings (SSSR count). The number of thiol groups is 2. The Bertz CT molecular complexity index is 373. The number of rotatable bonds is 13. The van der Waals surface area contributed by atoms with Crippen LogP contribution in [-0.4, -0.2) is 75.2 Å². The van der Waals surface area contributed by atoms with E-state index in [2.05, 4.69) is 39.2 Å². The topological polar surface area (TPSA) is 78.5 Å². The molecule has 0 radical (unpaired) electrons. The van der Waals surface area contributed by atoms with Crippen molar-refractivity contribution >= 4 is 54.0 Å². The minimum atomic E-state index is -0.273. The summed E-state index contributed by atoms with van der Waals surface area (Å²) in [4.78, 5) is 34.8. The first-order valence-electron chi connectivity index (χ1n) is 8.44. The molecule has 0 spiro atoms. The summed E-state index contributed by atoms with van der Waals surface area (Å²) in [7, 11) is 5.66. The van der Waals surface area contributed by atoms with Crippen molar-refractivity contribution in [1.82, 2.24) is 15.5 Å². The van der Waals surface area contributed by atoms with Crippen molar-refractivity contribution in [2.45, 2.75) is 44.9 Å². The molecule has 0 fully saturated rings. The van der Waals surface area contributed by atoms with Crippen LogP contribution < -0.4 is 10.6 Å². The van der Waals surface area contributed by atoms with E-state index in [0.29, 0.717) is 25.8 Å². The van der Waals surface area contributed by atoms with E-state index in [4.69, 9.17) is 0 Å². The first-order valence-corrected chi connectivity index (χ1v) is 12.6. The summed E-state index contributed by atoms with van der Waals surface area (Å²) in [6, 6.07) is 0. The Morgan fingerprint density at radius 1 is 0.960 bits per heavy atom. The maximum Gasteiger partial charge on any atom is 0.219 e. The monoisotopic (exact) mass is 459 g/mol. The molecule has 0 saturated heterocycles. The number of carbonyl (C=O) groups is 3. The van der Waals surface area contributed by atoms with Crippen LogP contribution >= 0.6 is 23.7 Å². The Kier molecular flexibility index (Phi) is 21.7. The van der Waals surface area contributed by atoms with Gasteiger partial charge < -0.3 is 5.32 Å². The summed E-state index contributed by atoms with van der Waals surface area (Å²) in [5, 5.41) is 5.37. The van der Waals surface area contributed by atoms with Gasteiger partial charge in [-0.1, -0.05) is 6.42 Å².